The number of carbonyl (C=O) groups excluding carboxylic acids is 1. The Labute approximate surface area is 137 Å². The number of carbonyl (C=O) groups is 1. The summed E-state index contributed by atoms with van der Waals surface area (Å²) in [5.41, 5.74) is 3.39. The molecular weight excluding hydrogens is 286 g/mol. The number of hydrogen-bond donors (Lipinski definition) is 0. The third-order valence-corrected chi connectivity index (χ3v) is 4.27. The molecule has 0 unspecified atom stereocenters. The normalized spacial score (nSPS) is 19.8. The van der Waals surface area contributed by atoms with Gasteiger partial charge in [0.15, 0.2) is 0 Å². The van der Waals surface area contributed by atoms with Gasteiger partial charge in [-0.25, -0.2) is 0 Å². The SMILES string of the molecule is COc1ccc([C@@H]2CC(=O)CC(=NCc3ccccc3)C2)cc1. The van der Waals surface area contributed by atoms with Crippen molar-refractivity contribution in [2.75, 3.05) is 7.11 Å². The van der Waals surface area contributed by atoms with E-state index in [2.05, 4.69) is 29.3 Å². The van der Waals surface area contributed by atoms with Gasteiger partial charge in [0.25, 0.3) is 0 Å². The zero-order chi connectivity index (χ0) is 16.1. The highest BCUT2D eigenvalue weighted by Gasteiger charge is 2.25. The Hall–Kier alpha value is -2.42. The predicted octanol–water partition coefficient (Wildman–Crippen LogP) is 4.17. The fourth-order valence-electron chi connectivity index (χ4n) is 3.02. The van der Waals surface area contributed by atoms with E-state index >= 15 is 0 Å². The van der Waals surface area contributed by atoms with Crippen LogP contribution in [0.2, 0.25) is 0 Å². The molecule has 3 heteroatoms. The molecule has 1 atom stereocenters. The molecule has 0 N–H and O–H groups in total. The number of rotatable bonds is 4. The topological polar surface area (TPSA) is 38.7 Å². The summed E-state index contributed by atoms with van der Waals surface area (Å²) < 4.78 is 5.20. The van der Waals surface area contributed by atoms with E-state index in [1.54, 1.807) is 7.11 Å². The minimum Gasteiger partial charge on any atom is -0.497 e. The van der Waals surface area contributed by atoms with Crippen molar-refractivity contribution in [2.45, 2.75) is 31.7 Å². The van der Waals surface area contributed by atoms with Crippen molar-refractivity contribution in [2.24, 2.45) is 4.99 Å². The van der Waals surface area contributed by atoms with Crippen LogP contribution in [-0.2, 0) is 11.3 Å². The molecule has 23 heavy (non-hydrogen) atoms. The van der Waals surface area contributed by atoms with Gasteiger partial charge in [0, 0.05) is 18.6 Å². The highest BCUT2D eigenvalue weighted by Crippen LogP contribution is 2.31. The summed E-state index contributed by atoms with van der Waals surface area (Å²) in [4.78, 5) is 16.8. The molecule has 0 amide bonds. The molecule has 118 valence electrons. The van der Waals surface area contributed by atoms with Crippen molar-refractivity contribution in [1.29, 1.82) is 0 Å². The van der Waals surface area contributed by atoms with Crippen molar-refractivity contribution in [3.05, 3.63) is 65.7 Å². The first-order valence-corrected chi connectivity index (χ1v) is 7.96. The minimum absolute atomic E-state index is 0.233. The number of nitrogens with zero attached hydrogens (tertiary/aromatic N) is 1. The highest BCUT2D eigenvalue weighted by atomic mass is 16.5. The van der Waals surface area contributed by atoms with Crippen molar-refractivity contribution in [3.8, 4) is 5.75 Å². The molecular formula is C20H21NO2. The largest absolute Gasteiger partial charge is 0.497 e. The molecule has 1 aliphatic rings. The van der Waals surface area contributed by atoms with Gasteiger partial charge in [-0.2, -0.15) is 0 Å². The van der Waals surface area contributed by atoms with Gasteiger partial charge in [-0.05, 0) is 35.6 Å². The average Bonchev–Trinajstić information content (AvgIpc) is 2.60. The summed E-state index contributed by atoms with van der Waals surface area (Å²) in [7, 11) is 1.66. The van der Waals surface area contributed by atoms with E-state index in [-0.39, 0.29) is 11.7 Å². The lowest BCUT2D eigenvalue weighted by Crippen LogP contribution is -2.21. The van der Waals surface area contributed by atoms with Crippen molar-refractivity contribution >= 4 is 11.5 Å². The maximum Gasteiger partial charge on any atom is 0.139 e. The summed E-state index contributed by atoms with van der Waals surface area (Å²) in [6.07, 6.45) is 1.97. The third-order valence-electron chi connectivity index (χ3n) is 4.27. The number of Topliss-reactive ketones (excluding diaryl/α,β-unsaturated/α-hetero) is 1. The van der Waals surface area contributed by atoms with E-state index in [1.807, 2.05) is 30.3 Å². The Morgan fingerprint density at radius 1 is 1.04 bits per heavy atom. The number of benzene rings is 2. The van der Waals surface area contributed by atoms with Gasteiger partial charge in [0.1, 0.15) is 11.5 Å². The van der Waals surface area contributed by atoms with Gasteiger partial charge < -0.3 is 4.74 Å². The Morgan fingerprint density at radius 2 is 1.78 bits per heavy atom. The summed E-state index contributed by atoms with van der Waals surface area (Å²) in [5, 5.41) is 0. The molecule has 0 bridgehead atoms. The lowest BCUT2D eigenvalue weighted by Gasteiger charge is -2.23. The van der Waals surface area contributed by atoms with Crippen molar-refractivity contribution in [3.63, 3.8) is 0 Å². The molecule has 1 saturated carbocycles. The molecule has 0 aliphatic heterocycles. The first-order valence-electron chi connectivity index (χ1n) is 7.96. The maximum absolute atomic E-state index is 12.1. The van der Waals surface area contributed by atoms with Crippen LogP contribution in [0.15, 0.2) is 59.6 Å². The highest BCUT2D eigenvalue weighted by molar-refractivity contribution is 6.05. The second kappa shape index (κ2) is 7.23. The standard InChI is InChI=1S/C20H21NO2/c1-23-20-9-7-16(8-10-20)17-11-18(13-19(22)12-17)21-14-15-5-3-2-4-6-15/h2-10,17H,11-14H2,1H3/t17-/m0/s1. The van der Waals surface area contributed by atoms with Gasteiger partial charge in [0.2, 0.25) is 0 Å². The molecule has 3 rings (SSSR count). The lowest BCUT2D eigenvalue weighted by atomic mass is 9.82. The van der Waals surface area contributed by atoms with Crippen LogP contribution in [0.3, 0.4) is 0 Å². The maximum atomic E-state index is 12.1. The molecule has 2 aromatic carbocycles. The number of methoxy groups -OCH3 is 1. The van der Waals surface area contributed by atoms with Gasteiger partial charge in [-0.1, -0.05) is 42.5 Å². The minimum atomic E-state index is 0.233. The van der Waals surface area contributed by atoms with Crippen molar-refractivity contribution in [1.82, 2.24) is 0 Å². The number of hydrogen-bond acceptors (Lipinski definition) is 3. The molecule has 3 nitrogen and oxygen atoms in total. The van der Waals surface area contributed by atoms with E-state index < -0.39 is 0 Å². The Balaban J connectivity index is 1.72. The summed E-state index contributed by atoms with van der Waals surface area (Å²) in [6.45, 7) is 0.652. The van der Waals surface area contributed by atoms with Crippen LogP contribution in [0.25, 0.3) is 0 Å². The fourth-order valence-corrected chi connectivity index (χ4v) is 3.02. The Kier molecular flexibility index (Phi) is 4.86. The summed E-state index contributed by atoms with van der Waals surface area (Å²) >= 11 is 0. The number of ether oxygens (including phenoxy) is 1. The van der Waals surface area contributed by atoms with Crippen LogP contribution >= 0.6 is 0 Å². The van der Waals surface area contributed by atoms with E-state index in [9.17, 15) is 4.79 Å². The van der Waals surface area contributed by atoms with Gasteiger partial charge in [-0.15, -0.1) is 0 Å². The quantitative estimate of drug-likeness (QED) is 0.850. The van der Waals surface area contributed by atoms with E-state index in [1.165, 1.54) is 11.1 Å². The zero-order valence-electron chi connectivity index (χ0n) is 13.4. The van der Waals surface area contributed by atoms with Crippen LogP contribution in [0, 0.1) is 0 Å². The fraction of sp³-hybridized carbons (Fsp3) is 0.300. The molecule has 1 fully saturated rings. The first kappa shape index (κ1) is 15.5. The summed E-state index contributed by atoms with van der Waals surface area (Å²) in [6, 6.07) is 18.2. The second-order valence-corrected chi connectivity index (χ2v) is 5.96. The van der Waals surface area contributed by atoms with Crippen LogP contribution in [-0.4, -0.2) is 18.6 Å². The molecule has 0 aromatic heterocycles. The predicted molar refractivity (Wildman–Crippen MR) is 92.2 cm³/mol. The number of ketones is 1. The smallest absolute Gasteiger partial charge is 0.139 e. The number of aliphatic imine (C=N–C) groups is 1. The third kappa shape index (κ3) is 4.07. The van der Waals surface area contributed by atoms with Crippen LogP contribution < -0.4 is 4.74 Å². The van der Waals surface area contributed by atoms with E-state index in [4.69, 9.17) is 4.74 Å². The van der Waals surface area contributed by atoms with E-state index in [0.29, 0.717) is 19.4 Å². The Bertz CT molecular complexity index is 689. The van der Waals surface area contributed by atoms with Crippen molar-refractivity contribution < 1.29 is 9.53 Å². The summed E-state index contributed by atoms with van der Waals surface area (Å²) in [5.74, 6) is 1.36. The van der Waals surface area contributed by atoms with Gasteiger partial charge in [0.05, 0.1) is 13.7 Å². The lowest BCUT2D eigenvalue weighted by molar-refractivity contribution is -0.118. The van der Waals surface area contributed by atoms with Gasteiger partial charge >= 0.3 is 0 Å². The van der Waals surface area contributed by atoms with Crippen LogP contribution in [0.5, 0.6) is 5.75 Å². The van der Waals surface area contributed by atoms with Gasteiger partial charge in [-0.3, -0.25) is 9.79 Å². The average molecular weight is 307 g/mol. The molecule has 0 radical (unpaired) electrons. The molecule has 2 aromatic rings. The monoisotopic (exact) mass is 307 g/mol. The Morgan fingerprint density at radius 3 is 2.48 bits per heavy atom. The second-order valence-electron chi connectivity index (χ2n) is 5.96. The van der Waals surface area contributed by atoms with E-state index in [0.717, 1.165) is 17.9 Å². The molecule has 0 saturated heterocycles. The van der Waals surface area contributed by atoms with Crippen LogP contribution in [0.4, 0.5) is 0 Å². The zero-order valence-corrected chi connectivity index (χ0v) is 13.4. The molecule has 0 spiro atoms. The molecule has 1 aliphatic carbocycles. The molecule has 0 heterocycles. The first-order chi connectivity index (χ1) is 11.2. The van der Waals surface area contributed by atoms with Crippen LogP contribution in [0.1, 0.15) is 36.3 Å².